The minimum absolute atomic E-state index is 0.00462. The highest BCUT2D eigenvalue weighted by Gasteiger charge is 2.05. The second kappa shape index (κ2) is 8.56. The van der Waals surface area contributed by atoms with Crippen molar-refractivity contribution in [2.24, 2.45) is 5.92 Å². The van der Waals surface area contributed by atoms with Gasteiger partial charge in [-0.2, -0.15) is 0 Å². The quantitative estimate of drug-likeness (QED) is 0.544. The van der Waals surface area contributed by atoms with Crippen molar-refractivity contribution in [2.45, 2.75) is 27.2 Å². The van der Waals surface area contributed by atoms with Crippen LogP contribution in [-0.4, -0.2) is 38.0 Å². The van der Waals surface area contributed by atoms with Gasteiger partial charge >= 0.3 is 0 Å². The van der Waals surface area contributed by atoms with Crippen molar-refractivity contribution in [3.05, 3.63) is 0 Å². The normalized spacial score (nSPS) is 10.7. The molecule has 0 saturated heterocycles. The molecule has 0 rings (SSSR count). The van der Waals surface area contributed by atoms with Gasteiger partial charge in [-0.3, -0.25) is 9.59 Å². The number of rotatable bonds is 9. The van der Waals surface area contributed by atoms with Gasteiger partial charge in [0.2, 0.25) is 0 Å². The van der Waals surface area contributed by atoms with Crippen LogP contribution in [0.25, 0.3) is 0 Å². The van der Waals surface area contributed by atoms with E-state index in [0.29, 0.717) is 26.2 Å². The van der Waals surface area contributed by atoms with Crippen LogP contribution in [-0.2, 0) is 19.1 Å². The number of ketones is 2. The second-order valence-electron chi connectivity index (χ2n) is 3.74. The van der Waals surface area contributed by atoms with Crippen LogP contribution in [0.15, 0.2) is 0 Å². The zero-order valence-electron chi connectivity index (χ0n) is 9.75. The first-order chi connectivity index (χ1) is 7.04. The summed E-state index contributed by atoms with van der Waals surface area (Å²) in [6.07, 6.45) is 0.449. The van der Waals surface area contributed by atoms with E-state index in [9.17, 15) is 9.59 Å². The number of carbonyl (C=O) groups is 2. The zero-order valence-corrected chi connectivity index (χ0v) is 9.75. The summed E-state index contributed by atoms with van der Waals surface area (Å²) in [6, 6.07) is 0. The molecule has 0 aromatic rings. The van der Waals surface area contributed by atoms with Gasteiger partial charge in [-0.1, -0.05) is 13.8 Å². The molecule has 0 bridgehead atoms. The molecule has 0 heterocycles. The zero-order chi connectivity index (χ0) is 11.7. The summed E-state index contributed by atoms with van der Waals surface area (Å²) in [5, 5.41) is 0. The molecule has 15 heavy (non-hydrogen) atoms. The maximum atomic E-state index is 11.2. The molecule has 0 amide bonds. The van der Waals surface area contributed by atoms with Gasteiger partial charge in [0.25, 0.3) is 0 Å². The van der Waals surface area contributed by atoms with Crippen molar-refractivity contribution in [3.63, 3.8) is 0 Å². The van der Waals surface area contributed by atoms with Gasteiger partial charge in [-0.05, 0) is 6.92 Å². The summed E-state index contributed by atoms with van der Waals surface area (Å²) in [4.78, 5) is 21.7. The summed E-state index contributed by atoms with van der Waals surface area (Å²) in [5.74, 6) is 0.284. The SMILES string of the molecule is CC(=O)COCCOCCC(=O)C(C)C. The van der Waals surface area contributed by atoms with E-state index in [1.54, 1.807) is 0 Å². The Morgan fingerprint density at radius 1 is 1.07 bits per heavy atom. The third-order valence-corrected chi connectivity index (χ3v) is 1.81. The largest absolute Gasteiger partial charge is 0.379 e. The van der Waals surface area contributed by atoms with Crippen LogP contribution in [0, 0.1) is 5.92 Å². The molecule has 0 aromatic heterocycles. The van der Waals surface area contributed by atoms with Gasteiger partial charge in [-0.15, -0.1) is 0 Å². The van der Waals surface area contributed by atoms with Crippen molar-refractivity contribution >= 4 is 11.6 Å². The van der Waals surface area contributed by atoms with Crippen LogP contribution in [0.5, 0.6) is 0 Å². The van der Waals surface area contributed by atoms with Crippen molar-refractivity contribution < 1.29 is 19.1 Å². The first-order valence-corrected chi connectivity index (χ1v) is 5.21. The Bertz CT molecular complexity index is 199. The topological polar surface area (TPSA) is 52.6 Å². The highest BCUT2D eigenvalue weighted by Crippen LogP contribution is 1.98. The molecule has 0 spiro atoms. The molecule has 0 saturated carbocycles. The molecule has 0 aliphatic carbocycles. The van der Waals surface area contributed by atoms with Gasteiger partial charge < -0.3 is 9.47 Å². The number of hydrogen-bond acceptors (Lipinski definition) is 4. The molecular weight excluding hydrogens is 196 g/mol. The fourth-order valence-corrected chi connectivity index (χ4v) is 0.897. The van der Waals surface area contributed by atoms with E-state index in [-0.39, 0.29) is 24.1 Å². The summed E-state index contributed by atoms with van der Waals surface area (Å²) in [5.41, 5.74) is 0. The molecule has 0 aliphatic heterocycles. The monoisotopic (exact) mass is 216 g/mol. The molecular formula is C11H20O4. The van der Waals surface area contributed by atoms with Gasteiger partial charge in [-0.25, -0.2) is 0 Å². The van der Waals surface area contributed by atoms with Crippen LogP contribution in [0.2, 0.25) is 0 Å². The first kappa shape index (κ1) is 14.3. The second-order valence-corrected chi connectivity index (χ2v) is 3.74. The Hall–Kier alpha value is -0.740. The standard InChI is InChI=1S/C11H20O4/c1-9(2)11(13)4-5-14-6-7-15-8-10(3)12/h9H,4-8H2,1-3H3. The summed E-state index contributed by atoms with van der Waals surface area (Å²) >= 11 is 0. The summed E-state index contributed by atoms with van der Waals surface area (Å²) in [7, 11) is 0. The summed E-state index contributed by atoms with van der Waals surface area (Å²) < 4.78 is 10.2. The Kier molecular flexibility index (Phi) is 8.14. The average Bonchev–Trinajstić information content (AvgIpc) is 2.15. The lowest BCUT2D eigenvalue weighted by molar-refractivity contribution is -0.123. The number of ether oxygens (including phenoxy) is 2. The smallest absolute Gasteiger partial charge is 0.155 e. The molecule has 0 unspecified atom stereocenters. The Morgan fingerprint density at radius 2 is 1.67 bits per heavy atom. The van der Waals surface area contributed by atoms with E-state index in [1.165, 1.54) is 6.92 Å². The minimum atomic E-state index is 0.00462. The average molecular weight is 216 g/mol. The maximum absolute atomic E-state index is 11.2. The molecule has 0 aromatic carbocycles. The Morgan fingerprint density at radius 3 is 2.20 bits per heavy atom. The van der Waals surface area contributed by atoms with E-state index in [2.05, 4.69) is 0 Å². The van der Waals surface area contributed by atoms with E-state index in [1.807, 2.05) is 13.8 Å². The molecule has 0 N–H and O–H groups in total. The van der Waals surface area contributed by atoms with Crippen LogP contribution in [0.3, 0.4) is 0 Å². The number of hydrogen-bond donors (Lipinski definition) is 0. The van der Waals surface area contributed by atoms with E-state index >= 15 is 0 Å². The minimum Gasteiger partial charge on any atom is -0.379 e. The Balaban J connectivity index is 3.18. The lowest BCUT2D eigenvalue weighted by Gasteiger charge is -2.05. The van der Waals surface area contributed by atoms with Gasteiger partial charge in [0, 0.05) is 12.3 Å². The van der Waals surface area contributed by atoms with Gasteiger partial charge in [0.05, 0.1) is 19.8 Å². The number of carbonyl (C=O) groups excluding carboxylic acids is 2. The fourth-order valence-electron chi connectivity index (χ4n) is 0.897. The van der Waals surface area contributed by atoms with E-state index < -0.39 is 0 Å². The highest BCUT2D eigenvalue weighted by molar-refractivity contribution is 5.80. The van der Waals surface area contributed by atoms with Crippen LogP contribution in [0.1, 0.15) is 27.2 Å². The predicted molar refractivity (Wildman–Crippen MR) is 56.8 cm³/mol. The molecule has 88 valence electrons. The molecule has 4 nitrogen and oxygen atoms in total. The molecule has 0 radical (unpaired) electrons. The first-order valence-electron chi connectivity index (χ1n) is 5.21. The number of Topliss-reactive ketones (excluding diaryl/α,β-unsaturated/α-hetero) is 2. The van der Waals surface area contributed by atoms with Gasteiger partial charge in [0.1, 0.15) is 12.4 Å². The Labute approximate surface area is 90.9 Å². The third-order valence-electron chi connectivity index (χ3n) is 1.81. The van der Waals surface area contributed by atoms with Crippen LogP contribution in [0.4, 0.5) is 0 Å². The molecule has 0 fully saturated rings. The van der Waals surface area contributed by atoms with Crippen molar-refractivity contribution in [1.82, 2.24) is 0 Å². The fraction of sp³-hybridized carbons (Fsp3) is 0.818. The summed E-state index contributed by atoms with van der Waals surface area (Å²) in [6.45, 7) is 6.61. The molecule has 0 atom stereocenters. The molecule has 0 aliphatic rings. The maximum Gasteiger partial charge on any atom is 0.155 e. The highest BCUT2D eigenvalue weighted by atomic mass is 16.5. The van der Waals surface area contributed by atoms with E-state index in [0.717, 1.165) is 0 Å². The van der Waals surface area contributed by atoms with Crippen LogP contribution >= 0.6 is 0 Å². The predicted octanol–water partition coefficient (Wildman–Crippen LogP) is 1.22. The lowest BCUT2D eigenvalue weighted by Crippen LogP contribution is -2.13. The van der Waals surface area contributed by atoms with Gasteiger partial charge in [0.15, 0.2) is 5.78 Å². The molecule has 4 heteroatoms. The van der Waals surface area contributed by atoms with Crippen molar-refractivity contribution in [3.8, 4) is 0 Å². The van der Waals surface area contributed by atoms with Crippen molar-refractivity contribution in [1.29, 1.82) is 0 Å². The van der Waals surface area contributed by atoms with Crippen molar-refractivity contribution in [2.75, 3.05) is 26.4 Å². The lowest BCUT2D eigenvalue weighted by atomic mass is 10.1. The van der Waals surface area contributed by atoms with Crippen LogP contribution < -0.4 is 0 Å². The third kappa shape index (κ3) is 9.56. The van der Waals surface area contributed by atoms with E-state index in [4.69, 9.17) is 9.47 Å².